The first-order valence-corrected chi connectivity index (χ1v) is 10.3. The van der Waals surface area contributed by atoms with E-state index in [-0.39, 0.29) is 11.8 Å². The van der Waals surface area contributed by atoms with Gasteiger partial charge in [-0.3, -0.25) is 9.59 Å². The number of methoxy groups -OCH3 is 2. The lowest BCUT2D eigenvalue weighted by Gasteiger charge is -2.16. The van der Waals surface area contributed by atoms with Gasteiger partial charge < -0.3 is 14.8 Å². The Morgan fingerprint density at radius 3 is 2.12 bits per heavy atom. The van der Waals surface area contributed by atoms with Gasteiger partial charge >= 0.3 is 0 Å². The van der Waals surface area contributed by atoms with Gasteiger partial charge in [0.05, 0.1) is 42.2 Å². The molecule has 8 heteroatoms. The average molecular weight is 440 g/mol. The second kappa shape index (κ2) is 7.90. The van der Waals surface area contributed by atoms with Crippen LogP contribution in [0.5, 0.6) is 11.5 Å². The van der Waals surface area contributed by atoms with Crippen molar-refractivity contribution in [2.24, 2.45) is 0 Å². The molecule has 0 fully saturated rings. The molecule has 2 amide bonds. The molecular formula is C25H20N4O4. The van der Waals surface area contributed by atoms with Crippen molar-refractivity contribution >= 4 is 34.4 Å². The highest BCUT2D eigenvalue weighted by Gasteiger charge is 2.36. The van der Waals surface area contributed by atoms with Crippen molar-refractivity contribution in [3.8, 4) is 22.8 Å². The number of amides is 2. The van der Waals surface area contributed by atoms with Crippen LogP contribution in [0, 0.1) is 0 Å². The highest BCUT2D eigenvalue weighted by atomic mass is 16.5. The summed E-state index contributed by atoms with van der Waals surface area (Å²) in [6.07, 6.45) is 0. The molecule has 5 rings (SSSR count). The molecule has 0 saturated heterocycles. The fourth-order valence-electron chi connectivity index (χ4n) is 4.00. The Kier molecular flexibility index (Phi) is 4.90. The number of rotatable bonds is 5. The van der Waals surface area contributed by atoms with Crippen molar-refractivity contribution in [2.75, 3.05) is 31.5 Å². The van der Waals surface area contributed by atoms with Gasteiger partial charge in [-0.1, -0.05) is 24.3 Å². The number of anilines is 2. The second-order valence-corrected chi connectivity index (χ2v) is 7.41. The Balaban J connectivity index is 1.67. The molecule has 0 spiro atoms. The standard InChI is InChI=1S/C25H20N4O4/c1-26-25-27-19-13-21(33-3)20(32-2)12-18(19)22(28-25)14-7-6-8-15(11-14)29-23(30)16-9-4-5-10-17(16)24(29)31/h4-13H,1-3H3,(H,26,27,28). The summed E-state index contributed by atoms with van der Waals surface area (Å²) in [4.78, 5) is 36.3. The maximum Gasteiger partial charge on any atom is 0.266 e. The summed E-state index contributed by atoms with van der Waals surface area (Å²) in [6, 6.07) is 17.6. The number of hydrogen-bond donors (Lipinski definition) is 1. The molecule has 3 aromatic carbocycles. The number of aromatic nitrogens is 2. The fourth-order valence-corrected chi connectivity index (χ4v) is 4.00. The largest absolute Gasteiger partial charge is 0.493 e. The minimum Gasteiger partial charge on any atom is -0.493 e. The molecule has 1 aromatic heterocycles. The normalized spacial score (nSPS) is 12.8. The third-order valence-electron chi connectivity index (χ3n) is 5.60. The van der Waals surface area contributed by atoms with E-state index in [4.69, 9.17) is 9.47 Å². The molecule has 0 radical (unpaired) electrons. The predicted octanol–water partition coefficient (Wildman–Crippen LogP) is 4.16. The Bertz CT molecular complexity index is 1400. The Labute approximate surface area is 189 Å². The lowest BCUT2D eigenvalue weighted by molar-refractivity contribution is 0.0926. The van der Waals surface area contributed by atoms with E-state index in [1.165, 1.54) is 4.90 Å². The highest BCUT2D eigenvalue weighted by Crippen LogP contribution is 2.37. The first-order chi connectivity index (χ1) is 16.0. The van der Waals surface area contributed by atoms with Crippen LogP contribution in [0.25, 0.3) is 22.2 Å². The smallest absolute Gasteiger partial charge is 0.266 e. The van der Waals surface area contributed by atoms with Crippen LogP contribution in [-0.2, 0) is 0 Å². The number of hydrogen-bond acceptors (Lipinski definition) is 7. The number of ether oxygens (including phenoxy) is 2. The molecule has 0 unspecified atom stereocenters. The Morgan fingerprint density at radius 2 is 1.48 bits per heavy atom. The van der Waals surface area contributed by atoms with E-state index >= 15 is 0 Å². The molecule has 164 valence electrons. The zero-order chi connectivity index (χ0) is 23.1. The maximum atomic E-state index is 13.0. The molecular weight excluding hydrogens is 420 g/mol. The lowest BCUT2D eigenvalue weighted by Crippen LogP contribution is -2.29. The van der Waals surface area contributed by atoms with E-state index in [1.54, 1.807) is 69.8 Å². The molecule has 1 aliphatic heterocycles. The number of nitrogens with one attached hydrogen (secondary N) is 1. The first-order valence-electron chi connectivity index (χ1n) is 10.3. The van der Waals surface area contributed by atoms with E-state index < -0.39 is 0 Å². The minimum absolute atomic E-state index is 0.345. The predicted molar refractivity (Wildman–Crippen MR) is 125 cm³/mol. The Hall–Kier alpha value is -4.46. The van der Waals surface area contributed by atoms with Crippen molar-refractivity contribution in [1.82, 2.24) is 9.97 Å². The summed E-state index contributed by atoms with van der Waals surface area (Å²) in [5, 5.41) is 3.72. The third kappa shape index (κ3) is 3.23. The van der Waals surface area contributed by atoms with Crippen LogP contribution < -0.4 is 19.7 Å². The monoisotopic (exact) mass is 440 g/mol. The molecule has 33 heavy (non-hydrogen) atoms. The molecule has 8 nitrogen and oxygen atoms in total. The zero-order valence-corrected chi connectivity index (χ0v) is 18.2. The summed E-state index contributed by atoms with van der Waals surface area (Å²) in [7, 11) is 4.87. The van der Waals surface area contributed by atoms with E-state index in [9.17, 15) is 9.59 Å². The molecule has 1 aliphatic rings. The maximum absolute atomic E-state index is 13.0. The van der Waals surface area contributed by atoms with Gasteiger partial charge in [0.25, 0.3) is 11.8 Å². The zero-order valence-electron chi connectivity index (χ0n) is 18.2. The number of nitrogens with zero attached hydrogens (tertiary/aromatic N) is 3. The quantitative estimate of drug-likeness (QED) is 0.466. The van der Waals surface area contributed by atoms with Crippen molar-refractivity contribution in [1.29, 1.82) is 0 Å². The summed E-state index contributed by atoms with van der Waals surface area (Å²) in [5.74, 6) is 0.834. The van der Waals surface area contributed by atoms with Gasteiger partial charge in [-0.05, 0) is 30.3 Å². The van der Waals surface area contributed by atoms with Gasteiger partial charge in [-0.25, -0.2) is 14.9 Å². The van der Waals surface area contributed by atoms with Crippen molar-refractivity contribution in [3.05, 3.63) is 71.8 Å². The second-order valence-electron chi connectivity index (χ2n) is 7.41. The van der Waals surface area contributed by atoms with Crippen molar-refractivity contribution < 1.29 is 19.1 Å². The minimum atomic E-state index is -0.345. The van der Waals surface area contributed by atoms with Gasteiger partial charge in [0.1, 0.15) is 0 Å². The molecule has 1 N–H and O–H groups in total. The van der Waals surface area contributed by atoms with Crippen molar-refractivity contribution in [3.63, 3.8) is 0 Å². The summed E-state index contributed by atoms with van der Waals surface area (Å²) in [6.45, 7) is 0. The molecule has 0 bridgehead atoms. The lowest BCUT2D eigenvalue weighted by atomic mass is 10.0. The first kappa shape index (κ1) is 20.4. The SMILES string of the molecule is CNc1nc(-c2cccc(N3C(=O)c4ccccc4C3=O)c2)c2cc(OC)c(OC)cc2n1. The van der Waals surface area contributed by atoms with Gasteiger partial charge in [0.2, 0.25) is 5.95 Å². The van der Waals surface area contributed by atoms with Gasteiger partial charge in [0, 0.05) is 24.1 Å². The average Bonchev–Trinajstić information content (AvgIpc) is 3.12. The number of benzene rings is 3. The summed E-state index contributed by atoms with van der Waals surface area (Å²) < 4.78 is 10.9. The van der Waals surface area contributed by atoms with Crippen LogP contribution in [0.4, 0.5) is 11.6 Å². The highest BCUT2D eigenvalue weighted by molar-refractivity contribution is 6.34. The number of carbonyl (C=O) groups excluding carboxylic acids is 2. The third-order valence-corrected chi connectivity index (χ3v) is 5.60. The molecule has 0 saturated carbocycles. The van der Waals surface area contributed by atoms with Gasteiger partial charge in [0.15, 0.2) is 11.5 Å². The van der Waals surface area contributed by atoms with E-state index in [1.807, 2.05) is 12.1 Å². The fraction of sp³-hybridized carbons (Fsp3) is 0.120. The van der Waals surface area contributed by atoms with E-state index in [0.29, 0.717) is 45.5 Å². The molecule has 0 atom stereocenters. The van der Waals surface area contributed by atoms with Gasteiger partial charge in [-0.2, -0.15) is 0 Å². The topological polar surface area (TPSA) is 93.7 Å². The van der Waals surface area contributed by atoms with Crippen LogP contribution in [0.1, 0.15) is 20.7 Å². The summed E-state index contributed by atoms with van der Waals surface area (Å²) >= 11 is 0. The number of carbonyl (C=O) groups is 2. The van der Waals surface area contributed by atoms with E-state index in [2.05, 4.69) is 15.3 Å². The van der Waals surface area contributed by atoms with Crippen LogP contribution in [0.15, 0.2) is 60.7 Å². The Morgan fingerprint density at radius 1 is 0.818 bits per heavy atom. The van der Waals surface area contributed by atoms with Crippen LogP contribution >= 0.6 is 0 Å². The number of imide groups is 1. The van der Waals surface area contributed by atoms with Crippen LogP contribution in [0.3, 0.4) is 0 Å². The van der Waals surface area contributed by atoms with Crippen molar-refractivity contribution in [2.45, 2.75) is 0 Å². The number of fused-ring (bicyclic) bond motifs is 2. The molecule has 4 aromatic rings. The van der Waals surface area contributed by atoms with E-state index in [0.717, 1.165) is 10.9 Å². The van der Waals surface area contributed by atoms with Gasteiger partial charge in [-0.15, -0.1) is 0 Å². The van der Waals surface area contributed by atoms with Crippen LogP contribution in [-0.4, -0.2) is 43.0 Å². The molecule has 0 aliphatic carbocycles. The van der Waals surface area contributed by atoms with Crippen LogP contribution in [0.2, 0.25) is 0 Å². The summed E-state index contributed by atoms with van der Waals surface area (Å²) in [5.41, 5.74) is 3.28. The molecule has 2 heterocycles.